The van der Waals surface area contributed by atoms with Crippen LogP contribution in [0.2, 0.25) is 0 Å². The summed E-state index contributed by atoms with van der Waals surface area (Å²) < 4.78 is 0.906. The third-order valence-corrected chi connectivity index (χ3v) is 4.82. The van der Waals surface area contributed by atoms with Gasteiger partial charge < -0.3 is 10.4 Å². The number of aromatic carboxylic acids is 1. The number of carbonyl (C=O) groups is 2. The smallest absolute Gasteiger partial charge is 0.339 e. The van der Waals surface area contributed by atoms with Gasteiger partial charge >= 0.3 is 5.97 Å². The fraction of sp³-hybridized carbons (Fsp3) is 0.0526. The zero-order valence-corrected chi connectivity index (χ0v) is 15.9. The maximum absolute atomic E-state index is 12.4. The van der Waals surface area contributed by atoms with Crippen molar-refractivity contribution in [1.29, 1.82) is 0 Å². The number of carbonyl (C=O) groups excluding carboxylic acids is 1. The van der Waals surface area contributed by atoms with Crippen LogP contribution in [0, 0.1) is 0 Å². The quantitative estimate of drug-likeness (QED) is 0.481. The summed E-state index contributed by atoms with van der Waals surface area (Å²) in [5, 5.41) is 13.9. The van der Waals surface area contributed by atoms with Gasteiger partial charge in [0.2, 0.25) is 0 Å². The Kier molecular flexibility index (Phi) is 6.50. The van der Waals surface area contributed by atoms with Crippen LogP contribution < -0.4 is 5.32 Å². The van der Waals surface area contributed by atoms with E-state index in [2.05, 4.69) is 27.8 Å². The molecule has 0 aliphatic carbocycles. The molecule has 0 saturated carbocycles. The van der Waals surface area contributed by atoms with E-state index in [1.54, 1.807) is 30.5 Å². The van der Waals surface area contributed by atoms with Gasteiger partial charge in [-0.25, -0.2) is 4.79 Å². The predicted molar refractivity (Wildman–Crippen MR) is 106 cm³/mol. The van der Waals surface area contributed by atoms with E-state index in [-0.39, 0.29) is 17.2 Å². The van der Waals surface area contributed by atoms with Gasteiger partial charge in [0.15, 0.2) is 0 Å². The lowest BCUT2D eigenvalue weighted by atomic mass is 10.1. The number of amides is 1. The number of carboxylic acid groups (broad SMARTS) is 1. The van der Waals surface area contributed by atoms with Gasteiger partial charge in [-0.3, -0.25) is 4.79 Å². The predicted octanol–water partition coefficient (Wildman–Crippen LogP) is 5.50. The molecule has 0 fully saturated rings. The summed E-state index contributed by atoms with van der Waals surface area (Å²) in [6.07, 6.45) is 6.44. The molecule has 25 heavy (non-hydrogen) atoms. The van der Waals surface area contributed by atoms with Crippen LogP contribution in [0.15, 0.2) is 70.6 Å². The van der Waals surface area contributed by atoms with E-state index < -0.39 is 5.97 Å². The molecule has 0 atom stereocenters. The number of hydrogen-bond donors (Lipinski definition) is 2. The first-order chi connectivity index (χ1) is 12.0. The number of hydrogen-bond acceptors (Lipinski definition) is 3. The Hall–Kier alpha value is -2.44. The Bertz CT molecular complexity index is 863. The van der Waals surface area contributed by atoms with Crippen molar-refractivity contribution in [2.24, 2.45) is 0 Å². The highest BCUT2D eigenvalue weighted by Gasteiger charge is 2.21. The number of nitrogens with one attached hydrogen (secondary N) is 1. The topological polar surface area (TPSA) is 66.4 Å². The van der Waals surface area contributed by atoms with Crippen LogP contribution in [0.3, 0.4) is 0 Å². The van der Waals surface area contributed by atoms with Crippen LogP contribution >= 0.6 is 27.3 Å². The molecule has 1 aromatic carbocycles. The van der Waals surface area contributed by atoms with Gasteiger partial charge in [-0.1, -0.05) is 58.9 Å². The summed E-state index contributed by atoms with van der Waals surface area (Å²) in [7, 11) is 0. The van der Waals surface area contributed by atoms with Crippen molar-refractivity contribution in [3.05, 3.63) is 76.1 Å². The summed E-state index contributed by atoms with van der Waals surface area (Å²) in [6.45, 7) is 5.38. The number of anilines is 1. The molecule has 1 aromatic heterocycles. The van der Waals surface area contributed by atoms with E-state index in [0.29, 0.717) is 10.5 Å². The fourth-order valence-corrected chi connectivity index (χ4v) is 3.45. The van der Waals surface area contributed by atoms with Crippen LogP contribution in [-0.4, -0.2) is 17.0 Å². The molecular weight excluding hydrogens is 402 g/mol. The molecule has 1 amide bonds. The van der Waals surface area contributed by atoms with Gasteiger partial charge in [-0.05, 0) is 24.6 Å². The van der Waals surface area contributed by atoms with Gasteiger partial charge in [0.25, 0.3) is 5.91 Å². The highest BCUT2D eigenvalue weighted by molar-refractivity contribution is 9.10. The second-order valence-electron chi connectivity index (χ2n) is 4.98. The number of allylic oxidation sites excluding steroid dienone is 3. The highest BCUT2D eigenvalue weighted by atomic mass is 79.9. The molecule has 4 nitrogen and oxygen atoms in total. The van der Waals surface area contributed by atoms with Crippen LogP contribution in [-0.2, 0) is 4.79 Å². The third-order valence-electron chi connectivity index (χ3n) is 3.27. The molecule has 128 valence electrons. The maximum Gasteiger partial charge on any atom is 0.339 e. The largest absolute Gasteiger partial charge is 0.478 e. The molecule has 0 radical (unpaired) electrons. The minimum absolute atomic E-state index is 0.0825. The highest BCUT2D eigenvalue weighted by Crippen LogP contribution is 2.36. The zero-order chi connectivity index (χ0) is 18.4. The molecule has 1 heterocycles. The monoisotopic (exact) mass is 417 g/mol. The molecule has 6 heteroatoms. The average Bonchev–Trinajstić information content (AvgIpc) is 2.99. The van der Waals surface area contributed by atoms with E-state index in [1.807, 2.05) is 24.3 Å². The van der Waals surface area contributed by atoms with Crippen molar-refractivity contribution in [3.8, 4) is 10.4 Å². The standard InChI is InChI=1S/C19H16BrNO3S/c1-3-5-13(6-4-2)18(22)21-15-11-25-17(16(15)19(23)24)12-7-9-14(20)10-8-12/h3-11H,1H2,2H3,(H,21,22)(H,23,24)/b6-4-,13-5+. The van der Waals surface area contributed by atoms with Gasteiger partial charge in [-0.2, -0.15) is 0 Å². The van der Waals surface area contributed by atoms with E-state index in [9.17, 15) is 14.7 Å². The Labute approximate surface area is 158 Å². The van der Waals surface area contributed by atoms with E-state index in [1.165, 1.54) is 17.4 Å². The number of benzene rings is 1. The molecule has 2 N–H and O–H groups in total. The minimum atomic E-state index is -1.09. The molecule has 0 aliphatic heterocycles. The number of carboxylic acids is 1. The summed E-state index contributed by atoms with van der Waals surface area (Å²) in [4.78, 5) is 24.7. The molecule has 0 spiro atoms. The van der Waals surface area contributed by atoms with Crippen molar-refractivity contribution in [1.82, 2.24) is 0 Å². The Morgan fingerprint density at radius 1 is 1.28 bits per heavy atom. The second kappa shape index (κ2) is 8.60. The molecular formula is C19H16BrNO3S. The van der Waals surface area contributed by atoms with E-state index >= 15 is 0 Å². The van der Waals surface area contributed by atoms with Crippen molar-refractivity contribution >= 4 is 44.8 Å². The first-order valence-electron chi connectivity index (χ1n) is 7.35. The van der Waals surface area contributed by atoms with Crippen LogP contribution in [0.4, 0.5) is 5.69 Å². The molecule has 0 bridgehead atoms. The van der Waals surface area contributed by atoms with Gasteiger partial charge in [0.05, 0.1) is 10.6 Å². The van der Waals surface area contributed by atoms with Crippen LogP contribution in [0.1, 0.15) is 17.3 Å². The van der Waals surface area contributed by atoms with Gasteiger partial charge in [0, 0.05) is 15.4 Å². The first kappa shape index (κ1) is 18.9. The molecule has 0 unspecified atom stereocenters. The summed E-state index contributed by atoms with van der Waals surface area (Å²) in [6, 6.07) is 7.35. The Morgan fingerprint density at radius 3 is 2.52 bits per heavy atom. The Balaban J connectivity index is 2.41. The zero-order valence-electron chi connectivity index (χ0n) is 13.5. The molecule has 2 aromatic rings. The minimum Gasteiger partial charge on any atom is -0.478 e. The van der Waals surface area contributed by atoms with Crippen molar-refractivity contribution in [3.63, 3.8) is 0 Å². The lowest BCUT2D eigenvalue weighted by Gasteiger charge is -2.07. The fourth-order valence-electron chi connectivity index (χ4n) is 2.18. The van der Waals surface area contributed by atoms with Gasteiger partial charge in [-0.15, -0.1) is 11.3 Å². The van der Waals surface area contributed by atoms with Crippen molar-refractivity contribution in [2.75, 3.05) is 5.32 Å². The maximum atomic E-state index is 12.4. The molecule has 0 aliphatic rings. The third kappa shape index (κ3) is 4.55. The molecule has 2 rings (SSSR count). The van der Waals surface area contributed by atoms with Crippen molar-refractivity contribution in [2.45, 2.75) is 6.92 Å². The number of halogens is 1. The lowest BCUT2D eigenvalue weighted by Crippen LogP contribution is -2.15. The number of thiophene rings is 1. The molecule has 0 saturated heterocycles. The van der Waals surface area contributed by atoms with Crippen LogP contribution in [0.25, 0.3) is 10.4 Å². The average molecular weight is 418 g/mol. The van der Waals surface area contributed by atoms with E-state index in [4.69, 9.17) is 0 Å². The van der Waals surface area contributed by atoms with Gasteiger partial charge in [0.1, 0.15) is 5.56 Å². The summed E-state index contributed by atoms with van der Waals surface area (Å²) in [5.41, 5.74) is 1.53. The summed E-state index contributed by atoms with van der Waals surface area (Å²) in [5.74, 6) is -1.48. The Morgan fingerprint density at radius 2 is 1.96 bits per heavy atom. The van der Waals surface area contributed by atoms with E-state index in [0.717, 1.165) is 10.0 Å². The second-order valence-corrected chi connectivity index (χ2v) is 6.77. The first-order valence-corrected chi connectivity index (χ1v) is 9.02. The lowest BCUT2D eigenvalue weighted by molar-refractivity contribution is -0.112. The number of rotatable bonds is 6. The normalized spacial score (nSPS) is 11.5. The summed E-state index contributed by atoms with van der Waals surface area (Å²) >= 11 is 4.63. The van der Waals surface area contributed by atoms with Crippen molar-refractivity contribution < 1.29 is 14.7 Å². The SMILES string of the molecule is C=C/C=C(\C=C/C)C(=O)Nc1csc(-c2ccc(Br)cc2)c1C(=O)O. The van der Waals surface area contributed by atoms with Crippen LogP contribution in [0.5, 0.6) is 0 Å².